The Bertz CT molecular complexity index is 429. The Hall–Kier alpha value is -0.640. The maximum absolute atomic E-state index is 5.78. The summed E-state index contributed by atoms with van der Waals surface area (Å²) in [4.78, 5) is 0. The van der Waals surface area contributed by atoms with Gasteiger partial charge < -0.3 is 0 Å². The number of allylic oxidation sites excluding steroid dienone is 1. The van der Waals surface area contributed by atoms with E-state index in [0.717, 1.165) is 10.9 Å². The van der Waals surface area contributed by atoms with E-state index < -0.39 is 0 Å². The highest BCUT2D eigenvalue weighted by atomic mass is 79.9. The second-order valence-electron chi connectivity index (χ2n) is 5.29. The molecule has 0 radical (unpaired) electrons. The lowest BCUT2D eigenvalue weighted by Crippen LogP contribution is -2.38. The van der Waals surface area contributed by atoms with E-state index in [9.17, 15) is 0 Å². The molecule has 1 unspecified atom stereocenters. The molecule has 0 heterocycles. The molecular weight excluding hydrogens is 300 g/mol. The van der Waals surface area contributed by atoms with Crippen LogP contribution in [0.2, 0.25) is 0 Å². The Kier molecular flexibility index (Phi) is 6.08. The molecule has 1 atom stereocenters. The summed E-state index contributed by atoms with van der Waals surface area (Å²) in [6.45, 7) is 0. The van der Waals surface area contributed by atoms with Crippen LogP contribution in [-0.4, -0.2) is 6.04 Å². The van der Waals surface area contributed by atoms with Crippen LogP contribution in [0.3, 0.4) is 0 Å². The topological polar surface area (TPSA) is 38.0 Å². The molecule has 19 heavy (non-hydrogen) atoms. The first kappa shape index (κ1) is 14.8. The third kappa shape index (κ3) is 4.75. The van der Waals surface area contributed by atoms with Crippen molar-refractivity contribution >= 4 is 15.9 Å². The quantitative estimate of drug-likeness (QED) is 0.497. The minimum Gasteiger partial charge on any atom is -0.271 e. The minimum atomic E-state index is 0.271. The molecule has 0 saturated carbocycles. The number of benzene rings is 1. The maximum atomic E-state index is 5.78. The van der Waals surface area contributed by atoms with Crippen LogP contribution in [-0.2, 0) is 6.42 Å². The van der Waals surface area contributed by atoms with Crippen LogP contribution >= 0.6 is 15.9 Å². The van der Waals surface area contributed by atoms with Crippen LogP contribution in [0.4, 0.5) is 0 Å². The first-order valence-corrected chi connectivity index (χ1v) is 7.98. The fourth-order valence-electron chi connectivity index (χ4n) is 2.73. The molecule has 0 aromatic heterocycles. The zero-order chi connectivity index (χ0) is 13.5. The summed E-state index contributed by atoms with van der Waals surface area (Å²) in [5.41, 5.74) is 5.81. The zero-order valence-corrected chi connectivity index (χ0v) is 13.0. The third-order valence-electron chi connectivity index (χ3n) is 3.80. The first-order valence-electron chi connectivity index (χ1n) is 7.19. The normalized spacial score (nSPS) is 21.1. The van der Waals surface area contributed by atoms with Gasteiger partial charge in [0.15, 0.2) is 0 Å². The van der Waals surface area contributed by atoms with Gasteiger partial charge in [-0.15, -0.1) is 0 Å². The van der Waals surface area contributed by atoms with Gasteiger partial charge in [0.25, 0.3) is 0 Å². The van der Waals surface area contributed by atoms with Crippen LogP contribution < -0.4 is 11.3 Å². The van der Waals surface area contributed by atoms with Gasteiger partial charge in [0.2, 0.25) is 0 Å². The van der Waals surface area contributed by atoms with Crippen LogP contribution in [0.25, 0.3) is 0 Å². The van der Waals surface area contributed by atoms with E-state index in [0.29, 0.717) is 0 Å². The van der Waals surface area contributed by atoms with Gasteiger partial charge in [0.1, 0.15) is 0 Å². The van der Waals surface area contributed by atoms with Gasteiger partial charge in [-0.25, -0.2) is 0 Å². The van der Waals surface area contributed by atoms with Crippen molar-refractivity contribution in [3.8, 4) is 0 Å². The fourth-order valence-corrected chi connectivity index (χ4v) is 3.18. The van der Waals surface area contributed by atoms with E-state index in [1.807, 2.05) is 0 Å². The highest BCUT2D eigenvalue weighted by molar-refractivity contribution is 9.10. The zero-order valence-electron chi connectivity index (χ0n) is 11.4. The van der Waals surface area contributed by atoms with E-state index >= 15 is 0 Å². The fraction of sp³-hybridized carbons (Fsp3) is 0.500. The van der Waals surface area contributed by atoms with Crippen molar-refractivity contribution in [1.82, 2.24) is 5.43 Å². The minimum absolute atomic E-state index is 0.271. The van der Waals surface area contributed by atoms with Gasteiger partial charge in [-0.2, -0.15) is 0 Å². The summed E-state index contributed by atoms with van der Waals surface area (Å²) in [5, 5.41) is 0. The summed E-state index contributed by atoms with van der Waals surface area (Å²) < 4.78 is 1.13. The molecule has 1 aliphatic rings. The Morgan fingerprint density at radius 2 is 2.05 bits per heavy atom. The number of hydrogen-bond donors (Lipinski definition) is 2. The molecule has 3 heteroatoms. The van der Waals surface area contributed by atoms with Crippen LogP contribution in [0.1, 0.15) is 44.1 Å². The lowest BCUT2D eigenvalue weighted by molar-refractivity contribution is 0.537. The smallest absolute Gasteiger partial charge is 0.0460 e. The first-order chi connectivity index (χ1) is 9.29. The molecule has 0 spiro atoms. The standard InChI is InChI=1S/C16H23BrN2/c17-15-10-6-7-13(11-15)12-16(19-18)14-8-4-2-1-3-5-9-14/h6-8,10-11,16,19H,1-5,9,12,18H2/b14-8+. The lowest BCUT2D eigenvalue weighted by Gasteiger charge is -2.21. The molecule has 0 bridgehead atoms. The average Bonchev–Trinajstić information content (AvgIpc) is 2.36. The van der Waals surface area contributed by atoms with Crippen LogP contribution in [0, 0.1) is 0 Å². The van der Waals surface area contributed by atoms with Gasteiger partial charge in [-0.1, -0.05) is 52.6 Å². The van der Waals surface area contributed by atoms with Crippen molar-refractivity contribution in [2.75, 3.05) is 0 Å². The number of nitrogens with two attached hydrogens (primary N) is 1. The van der Waals surface area contributed by atoms with Gasteiger partial charge in [-0.3, -0.25) is 11.3 Å². The predicted molar refractivity (Wildman–Crippen MR) is 84.7 cm³/mol. The number of nitrogens with one attached hydrogen (secondary N) is 1. The van der Waals surface area contributed by atoms with Gasteiger partial charge in [0, 0.05) is 10.5 Å². The highest BCUT2D eigenvalue weighted by Crippen LogP contribution is 2.22. The van der Waals surface area contributed by atoms with Crippen molar-refractivity contribution < 1.29 is 0 Å². The van der Waals surface area contributed by atoms with Crippen molar-refractivity contribution in [2.45, 2.75) is 51.0 Å². The SMILES string of the molecule is NNC(Cc1cccc(Br)c1)/C1=C/CCCCCC1. The molecule has 0 amide bonds. The second-order valence-corrected chi connectivity index (χ2v) is 6.20. The van der Waals surface area contributed by atoms with E-state index in [1.165, 1.54) is 49.7 Å². The Morgan fingerprint density at radius 3 is 2.84 bits per heavy atom. The molecule has 1 aromatic rings. The lowest BCUT2D eigenvalue weighted by atomic mass is 9.92. The van der Waals surface area contributed by atoms with Gasteiger partial charge in [0.05, 0.1) is 0 Å². The Morgan fingerprint density at radius 1 is 1.21 bits per heavy atom. The number of rotatable bonds is 4. The Labute approximate surface area is 124 Å². The molecule has 0 aliphatic heterocycles. The van der Waals surface area contributed by atoms with E-state index in [2.05, 4.69) is 51.7 Å². The van der Waals surface area contributed by atoms with Crippen LogP contribution in [0.5, 0.6) is 0 Å². The average molecular weight is 323 g/mol. The number of hydrogen-bond acceptors (Lipinski definition) is 2. The van der Waals surface area contributed by atoms with Crippen molar-refractivity contribution in [3.05, 3.63) is 46.0 Å². The molecule has 104 valence electrons. The van der Waals surface area contributed by atoms with Crippen molar-refractivity contribution in [1.29, 1.82) is 0 Å². The van der Waals surface area contributed by atoms with Gasteiger partial charge in [-0.05, 0) is 49.8 Å². The summed E-state index contributed by atoms with van der Waals surface area (Å²) in [5.74, 6) is 5.78. The van der Waals surface area contributed by atoms with E-state index in [-0.39, 0.29) is 6.04 Å². The molecular formula is C16H23BrN2. The molecule has 3 N–H and O–H groups in total. The molecule has 1 aliphatic carbocycles. The molecule has 2 rings (SSSR count). The highest BCUT2D eigenvalue weighted by Gasteiger charge is 2.14. The van der Waals surface area contributed by atoms with E-state index in [1.54, 1.807) is 0 Å². The van der Waals surface area contributed by atoms with Crippen molar-refractivity contribution in [3.63, 3.8) is 0 Å². The van der Waals surface area contributed by atoms with Crippen LogP contribution in [0.15, 0.2) is 40.4 Å². The maximum Gasteiger partial charge on any atom is 0.0460 e. The number of halogens is 1. The number of hydrazine groups is 1. The van der Waals surface area contributed by atoms with Crippen molar-refractivity contribution in [2.24, 2.45) is 5.84 Å². The van der Waals surface area contributed by atoms with E-state index in [4.69, 9.17) is 5.84 Å². The molecule has 1 aromatic carbocycles. The van der Waals surface area contributed by atoms with Gasteiger partial charge >= 0.3 is 0 Å². The monoisotopic (exact) mass is 322 g/mol. The summed E-state index contributed by atoms with van der Waals surface area (Å²) >= 11 is 3.53. The predicted octanol–water partition coefficient (Wildman–Crippen LogP) is 4.10. The molecule has 0 saturated heterocycles. The summed E-state index contributed by atoms with van der Waals surface area (Å²) in [6, 6.07) is 8.75. The largest absolute Gasteiger partial charge is 0.271 e. The summed E-state index contributed by atoms with van der Waals surface area (Å²) in [7, 11) is 0. The Balaban J connectivity index is 2.06. The third-order valence-corrected chi connectivity index (χ3v) is 4.30. The summed E-state index contributed by atoms with van der Waals surface area (Å²) in [6.07, 6.45) is 11.1. The second kappa shape index (κ2) is 7.83. The molecule has 2 nitrogen and oxygen atoms in total. The molecule has 0 fully saturated rings.